The second-order valence-electron chi connectivity index (χ2n) is 7.71. The molecule has 0 N–H and O–H groups in total. The quantitative estimate of drug-likeness (QED) is 0.249. The van der Waals surface area contributed by atoms with Crippen LogP contribution in [0.1, 0.15) is 0 Å². The van der Waals surface area contributed by atoms with Gasteiger partial charge in [0.2, 0.25) is 0 Å². The molecule has 33 heavy (non-hydrogen) atoms. The smallest absolute Gasteiger partial charge is 0.0833 e. The standard InChI is InChI=1S/C30H21Cl2N/c31-28-20-23(27-19-11-10-18-26(27)22-12-4-1-5-13-22)21-29(30(28)32)33(24-14-6-2-7-15-24)25-16-8-3-9-17-25/h1-21H. The van der Waals surface area contributed by atoms with Crippen LogP contribution >= 0.6 is 23.2 Å². The Balaban J connectivity index is 1.73. The highest BCUT2D eigenvalue weighted by Crippen LogP contribution is 2.45. The number of hydrogen-bond donors (Lipinski definition) is 0. The number of para-hydroxylation sites is 2. The van der Waals surface area contributed by atoms with E-state index in [1.807, 2.05) is 48.5 Å². The molecule has 0 fully saturated rings. The van der Waals surface area contributed by atoms with Gasteiger partial charge in [0.15, 0.2) is 0 Å². The van der Waals surface area contributed by atoms with Crippen LogP contribution in [0.4, 0.5) is 17.1 Å². The van der Waals surface area contributed by atoms with Crippen molar-refractivity contribution in [3.63, 3.8) is 0 Å². The Hall–Kier alpha value is -3.52. The normalized spacial score (nSPS) is 10.7. The van der Waals surface area contributed by atoms with E-state index in [-0.39, 0.29) is 0 Å². The van der Waals surface area contributed by atoms with Crippen molar-refractivity contribution in [2.45, 2.75) is 0 Å². The maximum absolute atomic E-state index is 6.83. The molecule has 0 bridgehead atoms. The summed E-state index contributed by atoms with van der Waals surface area (Å²) in [4.78, 5) is 2.14. The van der Waals surface area contributed by atoms with E-state index < -0.39 is 0 Å². The average molecular weight is 466 g/mol. The molecular formula is C30H21Cl2N. The Morgan fingerprint density at radius 2 is 0.909 bits per heavy atom. The maximum Gasteiger partial charge on any atom is 0.0833 e. The van der Waals surface area contributed by atoms with Crippen LogP contribution in [0.3, 0.4) is 0 Å². The van der Waals surface area contributed by atoms with E-state index in [0.717, 1.165) is 39.3 Å². The van der Waals surface area contributed by atoms with Crippen molar-refractivity contribution >= 4 is 40.3 Å². The summed E-state index contributed by atoms with van der Waals surface area (Å²) in [5.74, 6) is 0. The first-order valence-electron chi connectivity index (χ1n) is 10.8. The highest BCUT2D eigenvalue weighted by Gasteiger charge is 2.19. The van der Waals surface area contributed by atoms with Gasteiger partial charge in [-0.05, 0) is 58.7 Å². The van der Waals surface area contributed by atoms with Gasteiger partial charge in [0.25, 0.3) is 0 Å². The third kappa shape index (κ3) is 4.39. The van der Waals surface area contributed by atoms with Crippen molar-refractivity contribution < 1.29 is 0 Å². The minimum atomic E-state index is 0.517. The highest BCUT2D eigenvalue weighted by molar-refractivity contribution is 6.44. The van der Waals surface area contributed by atoms with E-state index >= 15 is 0 Å². The summed E-state index contributed by atoms with van der Waals surface area (Å²) in [6.07, 6.45) is 0. The van der Waals surface area contributed by atoms with Crippen molar-refractivity contribution in [2.75, 3.05) is 4.90 Å². The molecule has 0 aliphatic carbocycles. The largest absolute Gasteiger partial charge is 0.309 e. The molecule has 0 saturated carbocycles. The molecule has 0 aliphatic heterocycles. The topological polar surface area (TPSA) is 3.24 Å². The lowest BCUT2D eigenvalue weighted by Gasteiger charge is -2.27. The van der Waals surface area contributed by atoms with E-state index in [9.17, 15) is 0 Å². The lowest BCUT2D eigenvalue weighted by Crippen LogP contribution is -2.10. The minimum Gasteiger partial charge on any atom is -0.309 e. The van der Waals surface area contributed by atoms with E-state index in [0.29, 0.717) is 10.0 Å². The van der Waals surface area contributed by atoms with Gasteiger partial charge in [-0.15, -0.1) is 0 Å². The van der Waals surface area contributed by atoms with Crippen molar-refractivity contribution in [3.8, 4) is 22.3 Å². The Morgan fingerprint density at radius 3 is 1.45 bits per heavy atom. The molecule has 0 unspecified atom stereocenters. The first kappa shape index (κ1) is 21.3. The van der Waals surface area contributed by atoms with Crippen LogP contribution in [-0.4, -0.2) is 0 Å². The van der Waals surface area contributed by atoms with Crippen molar-refractivity contribution in [1.29, 1.82) is 0 Å². The molecule has 5 aromatic rings. The fraction of sp³-hybridized carbons (Fsp3) is 0. The molecule has 0 aliphatic rings. The molecular weight excluding hydrogens is 445 g/mol. The molecule has 160 valence electrons. The lowest BCUT2D eigenvalue weighted by molar-refractivity contribution is 1.28. The summed E-state index contributed by atoms with van der Waals surface area (Å²) in [6, 6.07) is 43.2. The van der Waals surface area contributed by atoms with Crippen molar-refractivity contribution in [1.82, 2.24) is 0 Å². The Kier molecular flexibility index (Phi) is 6.17. The van der Waals surface area contributed by atoms with Crippen LogP contribution in [0, 0.1) is 0 Å². The van der Waals surface area contributed by atoms with Crippen molar-refractivity contribution in [3.05, 3.63) is 137 Å². The molecule has 1 nitrogen and oxygen atoms in total. The van der Waals surface area contributed by atoms with E-state index in [1.165, 1.54) is 0 Å². The molecule has 5 rings (SSSR count). The van der Waals surface area contributed by atoms with Gasteiger partial charge in [-0.2, -0.15) is 0 Å². The molecule has 5 aromatic carbocycles. The predicted molar refractivity (Wildman–Crippen MR) is 142 cm³/mol. The first-order valence-corrected chi connectivity index (χ1v) is 11.5. The SMILES string of the molecule is Clc1cc(-c2ccccc2-c2ccccc2)cc(N(c2ccccc2)c2ccccc2)c1Cl. The fourth-order valence-electron chi connectivity index (χ4n) is 4.08. The average Bonchev–Trinajstić information content (AvgIpc) is 2.88. The zero-order chi connectivity index (χ0) is 22.6. The fourth-order valence-corrected chi connectivity index (χ4v) is 4.49. The van der Waals surface area contributed by atoms with E-state index in [2.05, 4.69) is 83.8 Å². The zero-order valence-corrected chi connectivity index (χ0v) is 19.3. The van der Waals surface area contributed by atoms with Gasteiger partial charge >= 0.3 is 0 Å². The van der Waals surface area contributed by atoms with Gasteiger partial charge in [-0.1, -0.05) is 114 Å². The van der Waals surface area contributed by atoms with Crippen LogP contribution in [0.25, 0.3) is 22.3 Å². The summed E-state index contributed by atoms with van der Waals surface area (Å²) in [5.41, 5.74) is 7.27. The summed E-state index contributed by atoms with van der Waals surface area (Å²) in [7, 11) is 0. The number of hydrogen-bond acceptors (Lipinski definition) is 1. The Morgan fingerprint density at radius 1 is 0.455 bits per heavy atom. The molecule has 0 amide bonds. The Bertz CT molecular complexity index is 1330. The van der Waals surface area contributed by atoms with E-state index in [4.69, 9.17) is 23.2 Å². The number of halogens is 2. The van der Waals surface area contributed by atoms with Crippen LogP contribution in [0.5, 0.6) is 0 Å². The summed E-state index contributed by atoms with van der Waals surface area (Å²) < 4.78 is 0. The minimum absolute atomic E-state index is 0.517. The predicted octanol–water partition coefficient (Wildman–Crippen LogP) is 9.80. The van der Waals surface area contributed by atoms with Gasteiger partial charge < -0.3 is 4.90 Å². The van der Waals surface area contributed by atoms with Gasteiger partial charge in [0.05, 0.1) is 15.7 Å². The van der Waals surface area contributed by atoms with Gasteiger partial charge in [-0.25, -0.2) is 0 Å². The monoisotopic (exact) mass is 465 g/mol. The second kappa shape index (κ2) is 9.54. The van der Waals surface area contributed by atoms with Crippen molar-refractivity contribution in [2.24, 2.45) is 0 Å². The molecule has 0 aromatic heterocycles. The number of benzene rings is 5. The molecule has 0 heterocycles. The second-order valence-corrected chi connectivity index (χ2v) is 8.49. The molecule has 0 radical (unpaired) electrons. The van der Waals surface area contributed by atoms with Gasteiger partial charge in [0, 0.05) is 11.4 Å². The maximum atomic E-state index is 6.83. The molecule has 3 heteroatoms. The van der Waals surface area contributed by atoms with Gasteiger partial charge in [-0.3, -0.25) is 0 Å². The van der Waals surface area contributed by atoms with Crippen LogP contribution in [0.15, 0.2) is 127 Å². The number of rotatable bonds is 5. The van der Waals surface area contributed by atoms with Crippen LogP contribution in [-0.2, 0) is 0 Å². The first-order chi connectivity index (χ1) is 16.2. The third-order valence-corrected chi connectivity index (χ3v) is 6.39. The molecule has 0 saturated heterocycles. The Labute approximate surface area is 204 Å². The van der Waals surface area contributed by atoms with E-state index in [1.54, 1.807) is 0 Å². The number of anilines is 3. The third-order valence-electron chi connectivity index (χ3n) is 5.60. The van der Waals surface area contributed by atoms with Crippen LogP contribution in [0.2, 0.25) is 10.0 Å². The lowest BCUT2D eigenvalue weighted by atomic mass is 9.94. The summed E-state index contributed by atoms with van der Waals surface area (Å²) in [5, 5.41) is 1.04. The molecule has 0 atom stereocenters. The number of nitrogens with zero attached hydrogens (tertiary/aromatic N) is 1. The summed E-state index contributed by atoms with van der Waals surface area (Å²) in [6.45, 7) is 0. The van der Waals surface area contributed by atoms with Gasteiger partial charge in [0.1, 0.15) is 0 Å². The highest BCUT2D eigenvalue weighted by atomic mass is 35.5. The summed E-state index contributed by atoms with van der Waals surface area (Å²) >= 11 is 13.6. The molecule has 0 spiro atoms. The van der Waals surface area contributed by atoms with Crippen LogP contribution < -0.4 is 4.90 Å². The zero-order valence-electron chi connectivity index (χ0n) is 17.8.